The molecule has 6 nitrogen and oxygen atoms in total. The number of rotatable bonds is 7. The van der Waals surface area contributed by atoms with Crippen molar-refractivity contribution in [2.24, 2.45) is 0 Å². The molecule has 0 amide bonds. The first-order chi connectivity index (χ1) is 12.1. The zero-order valence-corrected chi connectivity index (χ0v) is 14.5. The van der Waals surface area contributed by atoms with E-state index in [2.05, 4.69) is 4.98 Å². The van der Waals surface area contributed by atoms with E-state index < -0.39 is 4.92 Å². The molecule has 0 radical (unpaired) electrons. The van der Waals surface area contributed by atoms with E-state index in [-0.39, 0.29) is 12.3 Å². The van der Waals surface area contributed by atoms with E-state index >= 15 is 0 Å². The van der Waals surface area contributed by atoms with E-state index in [4.69, 9.17) is 21.1 Å². The molecule has 0 aliphatic rings. The van der Waals surface area contributed by atoms with Gasteiger partial charge in [0.1, 0.15) is 29.7 Å². The lowest BCUT2D eigenvalue weighted by Gasteiger charge is -2.04. The lowest BCUT2D eigenvalue weighted by atomic mass is 10.3. The van der Waals surface area contributed by atoms with Crippen molar-refractivity contribution in [3.05, 3.63) is 79.7 Å². The number of hydrogen-bond acceptors (Lipinski definition) is 6. The third-order valence-electron chi connectivity index (χ3n) is 3.21. The summed E-state index contributed by atoms with van der Waals surface area (Å²) < 4.78 is 11.2. The Balaban J connectivity index is 1.51. The Morgan fingerprint density at radius 1 is 1.00 bits per heavy atom. The Hall–Kier alpha value is -2.64. The minimum atomic E-state index is -0.447. The molecule has 8 heteroatoms. The molecule has 0 saturated heterocycles. The topological polar surface area (TPSA) is 74.5 Å². The molecular weight excluding hydrogens is 364 g/mol. The Labute approximate surface area is 152 Å². The number of halogens is 1. The van der Waals surface area contributed by atoms with Gasteiger partial charge >= 0.3 is 0 Å². The Morgan fingerprint density at radius 2 is 1.60 bits per heavy atom. The minimum Gasteiger partial charge on any atom is -0.487 e. The van der Waals surface area contributed by atoms with Crippen LogP contribution in [0.25, 0.3) is 0 Å². The molecule has 0 N–H and O–H groups in total. The van der Waals surface area contributed by atoms with Crippen LogP contribution in [-0.4, -0.2) is 9.91 Å². The van der Waals surface area contributed by atoms with Gasteiger partial charge in [0.25, 0.3) is 5.69 Å². The molecule has 1 heterocycles. The van der Waals surface area contributed by atoms with Gasteiger partial charge in [-0.1, -0.05) is 11.6 Å². The lowest BCUT2D eigenvalue weighted by molar-refractivity contribution is -0.384. The van der Waals surface area contributed by atoms with Crippen LogP contribution in [0.2, 0.25) is 5.02 Å². The molecule has 0 fully saturated rings. The molecule has 0 unspecified atom stereocenters. The Bertz CT molecular complexity index is 850. The van der Waals surface area contributed by atoms with Crippen molar-refractivity contribution in [2.45, 2.75) is 13.2 Å². The average molecular weight is 377 g/mol. The van der Waals surface area contributed by atoms with Crippen LogP contribution in [0.3, 0.4) is 0 Å². The maximum absolute atomic E-state index is 10.6. The molecule has 0 saturated carbocycles. The summed E-state index contributed by atoms with van der Waals surface area (Å²) in [7, 11) is 0. The van der Waals surface area contributed by atoms with Crippen molar-refractivity contribution in [3.63, 3.8) is 0 Å². The van der Waals surface area contributed by atoms with Gasteiger partial charge in [-0.2, -0.15) is 0 Å². The highest BCUT2D eigenvalue weighted by atomic mass is 35.5. The van der Waals surface area contributed by atoms with Crippen LogP contribution in [0.15, 0.2) is 53.9 Å². The highest BCUT2D eigenvalue weighted by molar-refractivity contribution is 7.09. The number of non-ortho nitro benzene ring substituents is 1. The summed E-state index contributed by atoms with van der Waals surface area (Å²) in [6, 6.07) is 13.1. The molecule has 1 aromatic heterocycles. The summed E-state index contributed by atoms with van der Waals surface area (Å²) in [5, 5.41) is 14.0. The first kappa shape index (κ1) is 17.2. The largest absolute Gasteiger partial charge is 0.487 e. The molecule has 3 rings (SSSR count). The van der Waals surface area contributed by atoms with Gasteiger partial charge in [0.15, 0.2) is 0 Å². The fraction of sp³-hybridized carbons (Fsp3) is 0.118. The highest BCUT2D eigenvalue weighted by Crippen LogP contribution is 2.20. The van der Waals surface area contributed by atoms with Crippen LogP contribution in [-0.2, 0) is 13.2 Å². The van der Waals surface area contributed by atoms with Gasteiger partial charge in [-0.15, -0.1) is 11.3 Å². The standard InChI is InChI=1S/C17H13ClN2O4S/c18-12-1-5-15(6-2-12)24-10-17-19-13(11-25-17)9-23-16-7-3-14(4-8-16)20(21)22/h1-8,11H,9-10H2. The molecular formula is C17H13ClN2O4S. The van der Waals surface area contributed by atoms with Crippen LogP contribution in [0.1, 0.15) is 10.7 Å². The van der Waals surface area contributed by atoms with Crippen molar-refractivity contribution >= 4 is 28.6 Å². The Kier molecular flexibility index (Phi) is 5.47. The van der Waals surface area contributed by atoms with E-state index in [1.54, 1.807) is 36.4 Å². The first-order valence-electron chi connectivity index (χ1n) is 7.29. The summed E-state index contributed by atoms with van der Waals surface area (Å²) in [5.41, 5.74) is 0.806. The van der Waals surface area contributed by atoms with E-state index in [1.807, 2.05) is 5.38 Å². The minimum absolute atomic E-state index is 0.0302. The van der Waals surface area contributed by atoms with Gasteiger partial charge in [-0.25, -0.2) is 4.98 Å². The zero-order chi connectivity index (χ0) is 17.6. The first-order valence-corrected chi connectivity index (χ1v) is 8.55. The predicted octanol–water partition coefficient (Wildman–Crippen LogP) is 4.86. The molecule has 0 atom stereocenters. The highest BCUT2D eigenvalue weighted by Gasteiger charge is 2.07. The predicted molar refractivity (Wildman–Crippen MR) is 95.3 cm³/mol. The van der Waals surface area contributed by atoms with Crippen LogP contribution in [0, 0.1) is 10.1 Å². The van der Waals surface area contributed by atoms with Crippen molar-refractivity contribution < 1.29 is 14.4 Å². The van der Waals surface area contributed by atoms with Crippen LogP contribution in [0.4, 0.5) is 5.69 Å². The van der Waals surface area contributed by atoms with Gasteiger partial charge in [-0.05, 0) is 36.4 Å². The molecule has 128 valence electrons. The van der Waals surface area contributed by atoms with Crippen molar-refractivity contribution in [2.75, 3.05) is 0 Å². The number of benzene rings is 2. The van der Waals surface area contributed by atoms with Gasteiger partial charge in [0.05, 0.1) is 10.6 Å². The zero-order valence-electron chi connectivity index (χ0n) is 12.9. The van der Waals surface area contributed by atoms with Crippen LogP contribution >= 0.6 is 22.9 Å². The summed E-state index contributed by atoms with van der Waals surface area (Å²) in [4.78, 5) is 14.6. The van der Waals surface area contributed by atoms with Gasteiger partial charge in [-0.3, -0.25) is 10.1 Å². The summed E-state index contributed by atoms with van der Waals surface area (Å²) >= 11 is 7.31. The van der Waals surface area contributed by atoms with E-state index in [1.165, 1.54) is 23.5 Å². The second kappa shape index (κ2) is 7.96. The van der Waals surface area contributed by atoms with Crippen LogP contribution < -0.4 is 9.47 Å². The number of thiazole rings is 1. The van der Waals surface area contributed by atoms with Crippen molar-refractivity contribution in [1.29, 1.82) is 0 Å². The second-order valence-electron chi connectivity index (χ2n) is 5.01. The molecule has 0 aliphatic carbocycles. The number of nitro benzene ring substituents is 1. The normalized spacial score (nSPS) is 10.4. The maximum atomic E-state index is 10.6. The number of nitrogens with zero attached hydrogens (tertiary/aromatic N) is 2. The average Bonchev–Trinajstić information content (AvgIpc) is 3.08. The monoisotopic (exact) mass is 376 g/mol. The third kappa shape index (κ3) is 4.91. The van der Waals surface area contributed by atoms with Gasteiger partial charge in [0.2, 0.25) is 0 Å². The molecule has 25 heavy (non-hydrogen) atoms. The molecule has 0 bridgehead atoms. The number of hydrogen-bond donors (Lipinski definition) is 0. The second-order valence-corrected chi connectivity index (χ2v) is 6.39. The number of aromatic nitrogens is 1. The summed E-state index contributed by atoms with van der Waals surface area (Å²) in [5.74, 6) is 1.28. The smallest absolute Gasteiger partial charge is 0.269 e. The molecule has 0 spiro atoms. The fourth-order valence-corrected chi connectivity index (χ4v) is 2.79. The van der Waals surface area contributed by atoms with E-state index in [0.29, 0.717) is 17.4 Å². The third-order valence-corrected chi connectivity index (χ3v) is 4.33. The quantitative estimate of drug-likeness (QED) is 0.434. The van der Waals surface area contributed by atoms with Gasteiger partial charge < -0.3 is 9.47 Å². The Morgan fingerprint density at radius 3 is 2.24 bits per heavy atom. The SMILES string of the molecule is O=[N+]([O-])c1ccc(OCc2csc(COc3ccc(Cl)cc3)n2)cc1. The van der Waals surface area contributed by atoms with Crippen molar-refractivity contribution in [3.8, 4) is 11.5 Å². The number of ether oxygens (including phenoxy) is 2. The molecule has 0 aliphatic heterocycles. The fourth-order valence-electron chi connectivity index (χ4n) is 1.98. The van der Waals surface area contributed by atoms with Crippen LogP contribution in [0.5, 0.6) is 11.5 Å². The summed E-state index contributed by atoms with van der Waals surface area (Å²) in [6.45, 7) is 0.652. The summed E-state index contributed by atoms with van der Waals surface area (Å²) in [6.07, 6.45) is 0. The van der Waals surface area contributed by atoms with Gasteiger partial charge in [0, 0.05) is 22.5 Å². The number of nitro groups is 1. The van der Waals surface area contributed by atoms with Crippen molar-refractivity contribution in [1.82, 2.24) is 4.98 Å². The van der Waals surface area contributed by atoms with E-state index in [9.17, 15) is 10.1 Å². The molecule has 3 aromatic rings. The lowest BCUT2D eigenvalue weighted by Crippen LogP contribution is -1.98. The molecule has 2 aromatic carbocycles. The van der Waals surface area contributed by atoms with E-state index in [0.717, 1.165) is 16.5 Å². The maximum Gasteiger partial charge on any atom is 0.269 e.